The van der Waals surface area contributed by atoms with Gasteiger partial charge in [-0.1, -0.05) is 13.3 Å². The molecule has 0 unspecified atom stereocenters. The molecule has 2 heterocycles. The van der Waals surface area contributed by atoms with Gasteiger partial charge in [-0.05, 0) is 24.8 Å². The van der Waals surface area contributed by atoms with Gasteiger partial charge in [-0.3, -0.25) is 4.79 Å². The molecule has 0 radical (unpaired) electrons. The van der Waals surface area contributed by atoms with Crippen LogP contribution in [0.1, 0.15) is 36.4 Å². The van der Waals surface area contributed by atoms with E-state index in [0.717, 1.165) is 12.8 Å². The standard InChI is InChI=1S/C15H24N2O4S2/c1-3-5-7-16(4-2)15(18)14-13(6-12-22-14)23(19,20)17-8-10-21-11-9-17/h6,12H,3-5,7-11H2,1-2H3. The van der Waals surface area contributed by atoms with Crippen molar-refractivity contribution in [2.24, 2.45) is 0 Å². The first-order valence-corrected chi connectivity index (χ1v) is 10.3. The number of hydrogen-bond acceptors (Lipinski definition) is 5. The van der Waals surface area contributed by atoms with E-state index in [-0.39, 0.29) is 10.8 Å². The summed E-state index contributed by atoms with van der Waals surface area (Å²) in [6, 6.07) is 1.54. The first-order valence-electron chi connectivity index (χ1n) is 7.97. The second-order valence-corrected chi connectivity index (χ2v) is 8.19. The zero-order valence-electron chi connectivity index (χ0n) is 13.7. The van der Waals surface area contributed by atoms with Gasteiger partial charge in [0, 0.05) is 26.2 Å². The summed E-state index contributed by atoms with van der Waals surface area (Å²) in [4.78, 5) is 14.9. The van der Waals surface area contributed by atoms with E-state index < -0.39 is 10.0 Å². The van der Waals surface area contributed by atoms with Gasteiger partial charge in [0.1, 0.15) is 9.77 Å². The molecule has 0 bridgehead atoms. The number of morpholine rings is 1. The summed E-state index contributed by atoms with van der Waals surface area (Å²) in [6.45, 7) is 6.66. The Labute approximate surface area is 142 Å². The summed E-state index contributed by atoms with van der Waals surface area (Å²) in [6.07, 6.45) is 1.91. The highest BCUT2D eigenvalue weighted by Gasteiger charge is 2.32. The molecule has 2 rings (SSSR count). The van der Waals surface area contributed by atoms with Crippen molar-refractivity contribution < 1.29 is 17.9 Å². The number of sulfonamides is 1. The number of nitrogens with zero attached hydrogens (tertiary/aromatic N) is 2. The van der Waals surface area contributed by atoms with Gasteiger partial charge in [0.05, 0.1) is 13.2 Å². The molecule has 1 saturated heterocycles. The van der Waals surface area contributed by atoms with Crippen molar-refractivity contribution >= 4 is 27.3 Å². The van der Waals surface area contributed by atoms with E-state index in [1.807, 2.05) is 6.92 Å². The Morgan fingerprint density at radius 2 is 2.04 bits per heavy atom. The molecule has 0 saturated carbocycles. The van der Waals surface area contributed by atoms with Crippen LogP contribution < -0.4 is 0 Å². The maximum atomic E-state index is 12.8. The van der Waals surface area contributed by atoms with Crippen LogP contribution >= 0.6 is 11.3 Å². The number of hydrogen-bond donors (Lipinski definition) is 0. The predicted octanol–water partition coefficient (Wildman–Crippen LogP) is 2.03. The van der Waals surface area contributed by atoms with Crippen LogP contribution in [-0.2, 0) is 14.8 Å². The van der Waals surface area contributed by atoms with E-state index in [9.17, 15) is 13.2 Å². The molecular formula is C15H24N2O4S2. The summed E-state index contributed by atoms with van der Waals surface area (Å²) in [7, 11) is -3.64. The fourth-order valence-corrected chi connectivity index (χ4v) is 5.25. The van der Waals surface area contributed by atoms with Gasteiger partial charge in [-0.15, -0.1) is 11.3 Å². The lowest BCUT2D eigenvalue weighted by atomic mass is 10.3. The molecule has 0 spiro atoms. The molecular weight excluding hydrogens is 336 g/mol. The Morgan fingerprint density at radius 3 is 2.65 bits per heavy atom. The summed E-state index contributed by atoms with van der Waals surface area (Å²) in [5.74, 6) is -0.192. The molecule has 1 amide bonds. The van der Waals surface area contributed by atoms with Crippen LogP contribution in [-0.4, -0.2) is 62.9 Å². The van der Waals surface area contributed by atoms with Crippen molar-refractivity contribution in [3.63, 3.8) is 0 Å². The lowest BCUT2D eigenvalue weighted by Gasteiger charge is -2.26. The molecule has 6 nitrogen and oxygen atoms in total. The van der Waals surface area contributed by atoms with Gasteiger partial charge in [-0.2, -0.15) is 4.31 Å². The van der Waals surface area contributed by atoms with Crippen LogP contribution in [0.25, 0.3) is 0 Å². The maximum absolute atomic E-state index is 12.8. The van der Waals surface area contributed by atoms with Gasteiger partial charge < -0.3 is 9.64 Å². The number of carbonyl (C=O) groups excluding carboxylic acids is 1. The minimum Gasteiger partial charge on any atom is -0.379 e. The number of rotatable bonds is 7. The highest BCUT2D eigenvalue weighted by atomic mass is 32.2. The van der Waals surface area contributed by atoms with Crippen LogP contribution in [0.4, 0.5) is 0 Å². The molecule has 23 heavy (non-hydrogen) atoms. The highest BCUT2D eigenvalue weighted by Crippen LogP contribution is 2.27. The lowest BCUT2D eigenvalue weighted by molar-refractivity contribution is 0.0726. The van der Waals surface area contributed by atoms with Crippen molar-refractivity contribution in [2.45, 2.75) is 31.6 Å². The third kappa shape index (κ3) is 4.12. The zero-order valence-corrected chi connectivity index (χ0v) is 15.3. The quantitative estimate of drug-likeness (QED) is 0.746. The van der Waals surface area contributed by atoms with Gasteiger partial charge in [0.25, 0.3) is 5.91 Å². The van der Waals surface area contributed by atoms with Gasteiger partial charge >= 0.3 is 0 Å². The molecule has 0 atom stereocenters. The number of amides is 1. The van der Waals surface area contributed by atoms with Crippen LogP contribution in [0.5, 0.6) is 0 Å². The van der Waals surface area contributed by atoms with Gasteiger partial charge in [-0.25, -0.2) is 8.42 Å². The third-order valence-electron chi connectivity index (χ3n) is 3.86. The Hall–Kier alpha value is -0.960. The summed E-state index contributed by atoms with van der Waals surface area (Å²) in [5, 5.41) is 1.67. The van der Waals surface area contributed by atoms with E-state index in [2.05, 4.69) is 6.92 Å². The normalized spacial score (nSPS) is 16.4. The monoisotopic (exact) mass is 360 g/mol. The van der Waals surface area contributed by atoms with Crippen molar-refractivity contribution in [3.8, 4) is 0 Å². The number of unbranched alkanes of at least 4 members (excludes halogenated alkanes) is 1. The van der Waals surface area contributed by atoms with E-state index >= 15 is 0 Å². The molecule has 130 valence electrons. The maximum Gasteiger partial charge on any atom is 0.265 e. The molecule has 1 aliphatic heterocycles. The molecule has 0 aliphatic carbocycles. The van der Waals surface area contributed by atoms with Gasteiger partial charge in [0.2, 0.25) is 10.0 Å². The minimum atomic E-state index is -3.64. The number of carbonyl (C=O) groups is 1. The molecule has 1 aromatic heterocycles. The second-order valence-electron chi connectivity index (χ2n) is 5.37. The smallest absolute Gasteiger partial charge is 0.265 e. The highest BCUT2D eigenvalue weighted by molar-refractivity contribution is 7.89. The molecule has 0 aromatic carbocycles. The average molecular weight is 361 g/mol. The van der Waals surface area contributed by atoms with Gasteiger partial charge in [0.15, 0.2) is 0 Å². The average Bonchev–Trinajstić information content (AvgIpc) is 3.06. The van der Waals surface area contributed by atoms with Crippen molar-refractivity contribution in [3.05, 3.63) is 16.3 Å². The minimum absolute atomic E-state index is 0.129. The molecule has 1 aromatic rings. The van der Waals surface area contributed by atoms with Crippen molar-refractivity contribution in [1.82, 2.24) is 9.21 Å². The number of ether oxygens (including phenoxy) is 1. The Morgan fingerprint density at radius 1 is 1.35 bits per heavy atom. The fraction of sp³-hybridized carbons (Fsp3) is 0.667. The van der Waals surface area contributed by atoms with Crippen LogP contribution in [0, 0.1) is 0 Å². The second kappa shape index (κ2) is 8.23. The summed E-state index contributed by atoms with van der Waals surface area (Å²) < 4.78 is 32.2. The Balaban J connectivity index is 2.25. The molecule has 1 fully saturated rings. The zero-order chi connectivity index (χ0) is 16.9. The van der Waals surface area contributed by atoms with E-state index in [4.69, 9.17) is 4.74 Å². The van der Waals surface area contributed by atoms with Crippen LogP contribution in [0.15, 0.2) is 16.3 Å². The third-order valence-corrected chi connectivity index (χ3v) is 6.83. The lowest BCUT2D eigenvalue weighted by Crippen LogP contribution is -2.41. The fourth-order valence-electron chi connectivity index (χ4n) is 2.48. The van der Waals surface area contributed by atoms with Crippen molar-refractivity contribution in [1.29, 1.82) is 0 Å². The Kier molecular flexibility index (Phi) is 6.58. The SMILES string of the molecule is CCCCN(CC)C(=O)c1sccc1S(=O)(=O)N1CCOCC1. The van der Waals surface area contributed by atoms with Crippen LogP contribution in [0.2, 0.25) is 0 Å². The first-order chi connectivity index (χ1) is 11.0. The van der Waals surface area contributed by atoms with Crippen LogP contribution in [0.3, 0.4) is 0 Å². The summed E-state index contributed by atoms with van der Waals surface area (Å²) in [5.41, 5.74) is 0. The number of thiophene rings is 1. The Bertz CT molecular complexity index is 621. The van der Waals surface area contributed by atoms with E-state index in [0.29, 0.717) is 44.3 Å². The van der Waals surface area contributed by atoms with E-state index in [1.165, 1.54) is 21.7 Å². The topological polar surface area (TPSA) is 66.9 Å². The predicted molar refractivity (Wildman–Crippen MR) is 90.4 cm³/mol. The molecule has 0 N–H and O–H groups in total. The van der Waals surface area contributed by atoms with E-state index in [1.54, 1.807) is 10.3 Å². The molecule has 8 heteroatoms. The van der Waals surface area contributed by atoms with Crippen molar-refractivity contribution in [2.75, 3.05) is 39.4 Å². The first kappa shape index (κ1) is 18.4. The largest absolute Gasteiger partial charge is 0.379 e. The summed E-state index contributed by atoms with van der Waals surface area (Å²) >= 11 is 1.20. The molecule has 1 aliphatic rings.